The van der Waals surface area contributed by atoms with Crippen LogP contribution < -0.4 is 10.1 Å². The Kier molecular flexibility index (Phi) is 4.01. The molecular weight excluding hydrogens is 372 g/mol. The Hall–Kier alpha value is -3.09. The van der Waals surface area contributed by atoms with E-state index in [2.05, 4.69) is 5.32 Å². The molecule has 2 aliphatic carbocycles. The number of benzene rings is 2. The molecule has 150 valence electrons. The van der Waals surface area contributed by atoms with Crippen molar-refractivity contribution >= 4 is 17.3 Å². The minimum atomic E-state index is -0.940. The number of hydrogen-bond acceptors (Lipinski definition) is 5. The van der Waals surface area contributed by atoms with E-state index in [-0.39, 0.29) is 28.1 Å². The SMILES string of the molecule is COc1cc([N+](=O)[O-])cc2c1N[C@H](c1ccc(C(=O)O)cc1)[C@@H]1[C@H]3CC[C@@H](C3)[C@@H]21. The number of fused-ring (bicyclic) bond motifs is 7. The second-order valence-corrected chi connectivity index (χ2v) is 8.35. The molecule has 0 unspecified atom stereocenters. The molecule has 0 radical (unpaired) electrons. The molecule has 2 fully saturated rings. The molecule has 7 heteroatoms. The van der Waals surface area contributed by atoms with Crippen molar-refractivity contribution in [2.75, 3.05) is 12.4 Å². The Bertz CT molecular complexity index is 1000. The topological polar surface area (TPSA) is 102 Å². The van der Waals surface area contributed by atoms with Crippen LogP contribution in [0.4, 0.5) is 11.4 Å². The number of non-ortho nitro benzene ring substituents is 1. The maximum atomic E-state index is 11.5. The minimum Gasteiger partial charge on any atom is -0.494 e. The van der Waals surface area contributed by atoms with E-state index in [0.717, 1.165) is 29.7 Å². The summed E-state index contributed by atoms with van der Waals surface area (Å²) in [6, 6.07) is 10.3. The van der Waals surface area contributed by atoms with Crippen LogP contribution in [0.25, 0.3) is 0 Å². The van der Waals surface area contributed by atoms with Crippen LogP contribution in [0.2, 0.25) is 0 Å². The average molecular weight is 394 g/mol. The standard InChI is InChI=1S/C22H22N2O5/c1-29-17-10-15(24(27)28)9-16-18-13-6-7-14(8-13)19(18)20(23-21(16)17)11-2-4-12(5-3-11)22(25)26/h2-5,9-10,13-14,18-20,23H,6-8H2,1H3,(H,25,26)/t13-,14-,18-,19+,20+/m0/s1. The Morgan fingerprint density at radius 1 is 1.21 bits per heavy atom. The number of aromatic carboxylic acids is 1. The summed E-state index contributed by atoms with van der Waals surface area (Å²) in [5.74, 6) is 1.23. The number of hydrogen-bond donors (Lipinski definition) is 2. The maximum absolute atomic E-state index is 11.5. The van der Waals surface area contributed by atoms with Gasteiger partial charge in [0.25, 0.3) is 5.69 Å². The number of methoxy groups -OCH3 is 1. The highest BCUT2D eigenvalue weighted by Crippen LogP contribution is 2.65. The lowest BCUT2D eigenvalue weighted by Crippen LogP contribution is -2.35. The number of nitro benzene ring substituents is 1. The third-order valence-electron chi connectivity index (χ3n) is 7.09. The van der Waals surface area contributed by atoms with E-state index in [0.29, 0.717) is 23.5 Å². The van der Waals surface area contributed by atoms with E-state index in [1.807, 2.05) is 12.1 Å². The van der Waals surface area contributed by atoms with E-state index in [1.54, 1.807) is 18.2 Å². The quantitative estimate of drug-likeness (QED) is 0.580. The van der Waals surface area contributed by atoms with Crippen LogP contribution in [0.5, 0.6) is 5.75 Å². The van der Waals surface area contributed by atoms with Crippen molar-refractivity contribution in [3.63, 3.8) is 0 Å². The fourth-order valence-electron chi connectivity index (χ4n) is 5.97. The summed E-state index contributed by atoms with van der Waals surface area (Å²) in [6.07, 6.45) is 3.48. The molecular formula is C22H22N2O5. The molecule has 3 aliphatic rings. The number of rotatable bonds is 4. The fourth-order valence-corrected chi connectivity index (χ4v) is 5.97. The van der Waals surface area contributed by atoms with Gasteiger partial charge in [0.15, 0.2) is 0 Å². The zero-order valence-corrected chi connectivity index (χ0v) is 16.0. The van der Waals surface area contributed by atoms with Crippen molar-refractivity contribution < 1.29 is 19.6 Å². The summed E-state index contributed by atoms with van der Waals surface area (Å²) in [6.45, 7) is 0. The summed E-state index contributed by atoms with van der Waals surface area (Å²) < 4.78 is 5.52. The van der Waals surface area contributed by atoms with Crippen LogP contribution in [0.3, 0.4) is 0 Å². The van der Waals surface area contributed by atoms with Gasteiger partial charge in [-0.2, -0.15) is 0 Å². The number of carbonyl (C=O) groups is 1. The predicted octanol–water partition coefficient (Wildman–Crippen LogP) is 4.60. The molecule has 0 saturated heterocycles. The fraction of sp³-hybridized carbons (Fsp3) is 0.409. The number of carboxylic acids is 1. The first-order valence-corrected chi connectivity index (χ1v) is 9.94. The van der Waals surface area contributed by atoms with Gasteiger partial charge >= 0.3 is 5.97 Å². The van der Waals surface area contributed by atoms with Crippen LogP contribution in [0, 0.1) is 27.9 Å². The number of nitro groups is 1. The Labute approximate surface area is 167 Å². The molecule has 1 aliphatic heterocycles. The van der Waals surface area contributed by atoms with E-state index >= 15 is 0 Å². The maximum Gasteiger partial charge on any atom is 0.335 e. The van der Waals surface area contributed by atoms with E-state index in [9.17, 15) is 20.0 Å². The predicted molar refractivity (Wildman–Crippen MR) is 106 cm³/mol. The normalized spacial score (nSPS) is 28.9. The van der Waals surface area contributed by atoms with Crippen LogP contribution in [0.15, 0.2) is 36.4 Å². The molecule has 7 nitrogen and oxygen atoms in total. The average Bonchev–Trinajstić information content (AvgIpc) is 3.35. The second kappa shape index (κ2) is 6.47. The zero-order valence-electron chi connectivity index (χ0n) is 16.0. The molecule has 5 rings (SSSR count). The highest BCUT2D eigenvalue weighted by molar-refractivity contribution is 5.87. The monoisotopic (exact) mass is 394 g/mol. The molecule has 2 N–H and O–H groups in total. The van der Waals surface area contributed by atoms with Crippen LogP contribution in [-0.4, -0.2) is 23.1 Å². The van der Waals surface area contributed by atoms with Crippen molar-refractivity contribution in [1.82, 2.24) is 0 Å². The highest BCUT2D eigenvalue weighted by atomic mass is 16.6. The van der Waals surface area contributed by atoms with Gasteiger partial charge in [-0.15, -0.1) is 0 Å². The smallest absolute Gasteiger partial charge is 0.335 e. The highest BCUT2D eigenvalue weighted by Gasteiger charge is 2.54. The molecule has 2 aromatic rings. The first kappa shape index (κ1) is 18.0. The van der Waals surface area contributed by atoms with Gasteiger partial charge in [-0.05, 0) is 66.2 Å². The van der Waals surface area contributed by atoms with E-state index in [1.165, 1.54) is 19.6 Å². The lowest BCUT2D eigenvalue weighted by atomic mass is 9.68. The molecule has 2 saturated carbocycles. The van der Waals surface area contributed by atoms with E-state index in [4.69, 9.17) is 4.74 Å². The molecule has 5 atom stereocenters. The van der Waals surface area contributed by atoms with Gasteiger partial charge in [-0.25, -0.2) is 4.79 Å². The molecule has 2 bridgehead atoms. The van der Waals surface area contributed by atoms with Gasteiger partial charge in [0.05, 0.1) is 35.4 Å². The number of carboxylic acid groups (broad SMARTS) is 1. The van der Waals surface area contributed by atoms with Gasteiger partial charge in [0.1, 0.15) is 5.75 Å². The van der Waals surface area contributed by atoms with Crippen molar-refractivity contribution in [2.45, 2.75) is 31.2 Å². The number of anilines is 1. The van der Waals surface area contributed by atoms with Gasteiger partial charge < -0.3 is 15.2 Å². The Morgan fingerprint density at radius 2 is 1.93 bits per heavy atom. The first-order valence-electron chi connectivity index (χ1n) is 9.94. The summed E-state index contributed by atoms with van der Waals surface area (Å²) in [5.41, 5.74) is 3.20. The van der Waals surface area contributed by atoms with Crippen LogP contribution >= 0.6 is 0 Å². The third-order valence-corrected chi connectivity index (χ3v) is 7.09. The van der Waals surface area contributed by atoms with Crippen molar-refractivity contribution in [3.05, 3.63) is 63.2 Å². The number of nitrogens with one attached hydrogen (secondary N) is 1. The molecule has 2 aromatic carbocycles. The third kappa shape index (κ3) is 2.68. The molecule has 0 spiro atoms. The summed E-state index contributed by atoms with van der Waals surface area (Å²) >= 11 is 0. The molecule has 1 heterocycles. The second-order valence-electron chi connectivity index (χ2n) is 8.35. The van der Waals surface area contributed by atoms with Gasteiger partial charge in [0.2, 0.25) is 0 Å². The summed E-state index contributed by atoms with van der Waals surface area (Å²) in [4.78, 5) is 22.3. The van der Waals surface area contributed by atoms with Crippen molar-refractivity contribution in [2.24, 2.45) is 17.8 Å². The zero-order chi connectivity index (χ0) is 20.3. The van der Waals surface area contributed by atoms with E-state index < -0.39 is 5.97 Å². The minimum absolute atomic E-state index is 0.0287. The first-order chi connectivity index (χ1) is 14.0. The van der Waals surface area contributed by atoms with Crippen LogP contribution in [0.1, 0.15) is 52.7 Å². The molecule has 29 heavy (non-hydrogen) atoms. The lowest BCUT2D eigenvalue weighted by molar-refractivity contribution is -0.385. The van der Waals surface area contributed by atoms with Gasteiger partial charge in [-0.1, -0.05) is 12.1 Å². The van der Waals surface area contributed by atoms with Crippen molar-refractivity contribution in [3.8, 4) is 5.75 Å². The van der Waals surface area contributed by atoms with Crippen molar-refractivity contribution in [1.29, 1.82) is 0 Å². The van der Waals surface area contributed by atoms with Crippen LogP contribution in [-0.2, 0) is 0 Å². The summed E-state index contributed by atoms with van der Waals surface area (Å²) in [7, 11) is 1.53. The molecule has 0 aromatic heterocycles. The van der Waals surface area contributed by atoms with Gasteiger partial charge in [-0.3, -0.25) is 10.1 Å². The number of ether oxygens (including phenoxy) is 1. The summed E-state index contributed by atoms with van der Waals surface area (Å²) in [5, 5.41) is 24.3. The number of nitrogens with zero attached hydrogens (tertiary/aromatic N) is 1. The Morgan fingerprint density at radius 3 is 2.59 bits per heavy atom. The Balaban J connectivity index is 1.63. The largest absolute Gasteiger partial charge is 0.494 e. The molecule has 0 amide bonds. The lowest BCUT2D eigenvalue weighted by Gasteiger charge is -2.43. The van der Waals surface area contributed by atoms with Gasteiger partial charge in [0, 0.05) is 6.07 Å².